The van der Waals surface area contributed by atoms with Crippen LogP contribution in [0.3, 0.4) is 0 Å². The maximum Gasteiger partial charge on any atom is 0.0230 e. The monoisotopic (exact) mass is 289 g/mol. The molecule has 0 saturated carbocycles. The molecule has 0 aliphatic carbocycles. The van der Waals surface area contributed by atoms with Crippen molar-refractivity contribution in [1.82, 2.24) is 15.5 Å². The van der Waals surface area contributed by atoms with Gasteiger partial charge in [-0.15, -0.1) is 0 Å². The number of benzene rings is 1. The van der Waals surface area contributed by atoms with E-state index in [4.69, 9.17) is 0 Å². The van der Waals surface area contributed by atoms with Crippen molar-refractivity contribution >= 4 is 0 Å². The van der Waals surface area contributed by atoms with E-state index in [0.29, 0.717) is 12.1 Å². The van der Waals surface area contributed by atoms with Crippen LogP contribution in [-0.2, 0) is 13.1 Å². The third-order valence-corrected chi connectivity index (χ3v) is 4.30. The number of hydrogen-bond donors (Lipinski definition) is 2. The molecule has 2 unspecified atom stereocenters. The molecule has 0 radical (unpaired) electrons. The first-order valence-corrected chi connectivity index (χ1v) is 8.33. The molecule has 1 aliphatic heterocycles. The van der Waals surface area contributed by atoms with Gasteiger partial charge in [-0.2, -0.15) is 0 Å². The van der Waals surface area contributed by atoms with Crippen molar-refractivity contribution in [2.45, 2.75) is 57.8 Å². The topological polar surface area (TPSA) is 27.3 Å². The van der Waals surface area contributed by atoms with E-state index in [9.17, 15) is 0 Å². The summed E-state index contributed by atoms with van der Waals surface area (Å²) in [6.45, 7) is 5.49. The summed E-state index contributed by atoms with van der Waals surface area (Å²) >= 11 is 0. The molecule has 1 aliphatic rings. The first-order chi connectivity index (χ1) is 10.1. The number of hydrogen-bond acceptors (Lipinski definition) is 3. The van der Waals surface area contributed by atoms with Gasteiger partial charge in [0.25, 0.3) is 0 Å². The van der Waals surface area contributed by atoms with Gasteiger partial charge < -0.3 is 15.5 Å². The highest BCUT2D eigenvalue weighted by atomic mass is 15.0. The quantitative estimate of drug-likeness (QED) is 0.808. The van der Waals surface area contributed by atoms with Crippen molar-refractivity contribution in [2.75, 3.05) is 20.6 Å². The molecule has 2 N–H and O–H groups in total. The van der Waals surface area contributed by atoms with E-state index in [2.05, 4.69) is 60.8 Å². The summed E-state index contributed by atoms with van der Waals surface area (Å²) in [5.74, 6) is 0. The van der Waals surface area contributed by atoms with Crippen LogP contribution in [0.15, 0.2) is 24.3 Å². The summed E-state index contributed by atoms with van der Waals surface area (Å²) in [5, 5.41) is 7.34. The van der Waals surface area contributed by atoms with Crippen LogP contribution < -0.4 is 10.6 Å². The van der Waals surface area contributed by atoms with E-state index in [1.807, 2.05) is 0 Å². The second-order valence-electron chi connectivity index (χ2n) is 6.67. The molecular weight excluding hydrogens is 258 g/mol. The fraction of sp³-hybridized carbons (Fsp3) is 0.667. The Morgan fingerprint density at radius 1 is 1.24 bits per heavy atom. The summed E-state index contributed by atoms with van der Waals surface area (Å²) in [6.07, 6.45) is 5.30. The SMILES string of the molecule is CC(CC1CCCCN1)NCc1ccccc1CN(C)C. The molecule has 1 fully saturated rings. The summed E-state index contributed by atoms with van der Waals surface area (Å²) in [4.78, 5) is 2.23. The molecule has 1 aromatic rings. The van der Waals surface area contributed by atoms with Crippen molar-refractivity contribution in [3.63, 3.8) is 0 Å². The van der Waals surface area contributed by atoms with Gasteiger partial charge in [-0.05, 0) is 58.0 Å². The average Bonchev–Trinajstić information content (AvgIpc) is 2.47. The van der Waals surface area contributed by atoms with Gasteiger partial charge in [-0.3, -0.25) is 0 Å². The molecular formula is C18H31N3. The van der Waals surface area contributed by atoms with Crippen molar-refractivity contribution < 1.29 is 0 Å². The second kappa shape index (κ2) is 8.52. The smallest absolute Gasteiger partial charge is 0.0230 e. The van der Waals surface area contributed by atoms with Crippen LogP contribution in [0, 0.1) is 0 Å². The molecule has 1 saturated heterocycles. The Hall–Kier alpha value is -0.900. The minimum atomic E-state index is 0.563. The van der Waals surface area contributed by atoms with Gasteiger partial charge >= 0.3 is 0 Å². The number of rotatable bonds is 7. The fourth-order valence-electron chi connectivity index (χ4n) is 3.14. The molecule has 0 bridgehead atoms. The third kappa shape index (κ3) is 5.77. The van der Waals surface area contributed by atoms with Gasteiger partial charge in [0.1, 0.15) is 0 Å². The van der Waals surface area contributed by atoms with Crippen molar-refractivity contribution in [3.8, 4) is 0 Å². The first kappa shape index (κ1) is 16.5. The number of nitrogens with zero attached hydrogens (tertiary/aromatic N) is 1. The molecule has 0 spiro atoms. The van der Waals surface area contributed by atoms with Crippen molar-refractivity contribution in [1.29, 1.82) is 0 Å². The second-order valence-corrected chi connectivity index (χ2v) is 6.67. The Bertz CT molecular complexity index is 411. The highest BCUT2D eigenvalue weighted by Gasteiger charge is 2.15. The van der Waals surface area contributed by atoms with Crippen LogP contribution in [0.4, 0.5) is 0 Å². The largest absolute Gasteiger partial charge is 0.314 e. The Balaban J connectivity index is 1.81. The summed E-state index contributed by atoms with van der Waals surface area (Å²) in [5.41, 5.74) is 2.85. The molecule has 2 atom stereocenters. The molecule has 2 rings (SSSR count). The zero-order valence-electron chi connectivity index (χ0n) is 13.9. The lowest BCUT2D eigenvalue weighted by molar-refractivity contribution is 0.344. The predicted octanol–water partition coefficient (Wildman–Crippen LogP) is 2.76. The standard InChI is InChI=1S/C18H31N3/c1-15(12-18-10-6-7-11-19-18)20-13-16-8-4-5-9-17(16)14-21(2)3/h4-5,8-9,15,18-20H,6-7,10-14H2,1-3H3. The van der Waals surface area contributed by atoms with Crippen LogP contribution in [-0.4, -0.2) is 37.6 Å². The van der Waals surface area contributed by atoms with Crippen LogP contribution >= 0.6 is 0 Å². The van der Waals surface area contributed by atoms with Gasteiger partial charge in [-0.25, -0.2) is 0 Å². The van der Waals surface area contributed by atoms with Crippen molar-refractivity contribution in [2.24, 2.45) is 0 Å². The highest BCUT2D eigenvalue weighted by molar-refractivity contribution is 5.26. The third-order valence-electron chi connectivity index (χ3n) is 4.30. The Morgan fingerprint density at radius 2 is 2.00 bits per heavy atom. The van der Waals surface area contributed by atoms with E-state index >= 15 is 0 Å². The first-order valence-electron chi connectivity index (χ1n) is 8.33. The van der Waals surface area contributed by atoms with Crippen LogP contribution in [0.2, 0.25) is 0 Å². The van der Waals surface area contributed by atoms with Crippen LogP contribution in [0.25, 0.3) is 0 Å². The molecule has 1 aromatic carbocycles. The molecule has 1 heterocycles. The zero-order chi connectivity index (χ0) is 15.1. The maximum absolute atomic E-state index is 3.70. The lowest BCUT2D eigenvalue weighted by Crippen LogP contribution is -2.39. The molecule has 3 nitrogen and oxygen atoms in total. The molecule has 3 heteroatoms. The van der Waals surface area contributed by atoms with Gasteiger partial charge in [0, 0.05) is 25.2 Å². The summed E-state index contributed by atoms with van der Waals surface area (Å²) in [7, 11) is 4.25. The minimum absolute atomic E-state index is 0.563. The highest BCUT2D eigenvalue weighted by Crippen LogP contribution is 2.14. The Morgan fingerprint density at radius 3 is 2.67 bits per heavy atom. The van der Waals surface area contributed by atoms with E-state index in [1.54, 1.807) is 0 Å². The zero-order valence-corrected chi connectivity index (χ0v) is 13.9. The van der Waals surface area contributed by atoms with Gasteiger partial charge in [0.2, 0.25) is 0 Å². The number of nitrogens with one attached hydrogen (secondary N) is 2. The van der Waals surface area contributed by atoms with E-state index in [0.717, 1.165) is 13.1 Å². The molecule has 0 aromatic heterocycles. The average molecular weight is 289 g/mol. The van der Waals surface area contributed by atoms with E-state index < -0.39 is 0 Å². The predicted molar refractivity (Wildman–Crippen MR) is 90.4 cm³/mol. The van der Waals surface area contributed by atoms with Crippen LogP contribution in [0.1, 0.15) is 43.7 Å². The Kier molecular flexibility index (Phi) is 6.68. The van der Waals surface area contributed by atoms with Gasteiger partial charge in [0.15, 0.2) is 0 Å². The van der Waals surface area contributed by atoms with E-state index in [-0.39, 0.29) is 0 Å². The molecule has 21 heavy (non-hydrogen) atoms. The lowest BCUT2D eigenvalue weighted by Gasteiger charge is -2.27. The molecule has 0 amide bonds. The molecule has 118 valence electrons. The van der Waals surface area contributed by atoms with Gasteiger partial charge in [0.05, 0.1) is 0 Å². The number of piperidine rings is 1. The maximum atomic E-state index is 3.70. The summed E-state index contributed by atoms with van der Waals surface area (Å²) < 4.78 is 0. The minimum Gasteiger partial charge on any atom is -0.314 e. The van der Waals surface area contributed by atoms with Gasteiger partial charge in [-0.1, -0.05) is 30.7 Å². The van der Waals surface area contributed by atoms with Crippen molar-refractivity contribution in [3.05, 3.63) is 35.4 Å². The Labute approximate surface area is 130 Å². The normalized spacial score (nSPS) is 20.7. The summed E-state index contributed by atoms with van der Waals surface area (Å²) in [6, 6.07) is 10.0. The fourth-order valence-corrected chi connectivity index (χ4v) is 3.14. The van der Waals surface area contributed by atoms with Crippen LogP contribution in [0.5, 0.6) is 0 Å². The van der Waals surface area contributed by atoms with E-state index in [1.165, 1.54) is 43.4 Å². The lowest BCUT2D eigenvalue weighted by atomic mass is 9.98.